The number of nitrogens with two attached hydrogens (primary N) is 1. The van der Waals surface area contributed by atoms with Crippen LogP contribution in [0.1, 0.15) is 24.8 Å². The molecule has 4 N–H and O–H groups in total. The number of amides is 3. The van der Waals surface area contributed by atoms with Gasteiger partial charge in [-0.05, 0) is 37.5 Å². The van der Waals surface area contributed by atoms with Crippen LogP contribution in [0, 0.1) is 6.92 Å². The van der Waals surface area contributed by atoms with Crippen molar-refractivity contribution in [2.45, 2.75) is 26.2 Å². The molecular weight excluding hydrogens is 296 g/mol. The molecule has 1 fully saturated rings. The summed E-state index contributed by atoms with van der Waals surface area (Å²) in [5.74, 6) is -1.30. The van der Waals surface area contributed by atoms with E-state index in [-0.39, 0.29) is 5.91 Å². The molecule has 2 rings (SSSR count). The lowest BCUT2D eigenvalue weighted by Crippen LogP contribution is -2.37. The molecule has 0 aliphatic carbocycles. The Morgan fingerprint density at radius 2 is 2.09 bits per heavy atom. The van der Waals surface area contributed by atoms with Gasteiger partial charge in [0.1, 0.15) is 0 Å². The largest absolute Gasteiger partial charge is 0.397 e. The van der Waals surface area contributed by atoms with Gasteiger partial charge in [-0.1, -0.05) is 6.07 Å². The first kappa shape index (κ1) is 16.8. The predicted molar refractivity (Wildman–Crippen MR) is 87.7 cm³/mol. The molecule has 0 bridgehead atoms. The van der Waals surface area contributed by atoms with Crippen LogP contribution in [0.25, 0.3) is 0 Å². The molecule has 1 saturated heterocycles. The Balaban J connectivity index is 1.73. The van der Waals surface area contributed by atoms with Crippen molar-refractivity contribution in [3.8, 4) is 0 Å². The SMILES string of the molecule is Cc1ccc(N)c(NC(=O)C(=O)NCCCN2CCCC2=O)c1. The first-order valence-corrected chi connectivity index (χ1v) is 7.70. The van der Waals surface area contributed by atoms with Gasteiger partial charge < -0.3 is 21.3 Å². The third-order valence-electron chi connectivity index (χ3n) is 3.72. The predicted octanol–water partition coefficient (Wildman–Crippen LogP) is 0.644. The molecule has 1 aliphatic heterocycles. The fourth-order valence-electron chi connectivity index (χ4n) is 2.45. The Morgan fingerprint density at radius 3 is 2.78 bits per heavy atom. The Bertz CT molecular complexity index is 615. The number of rotatable bonds is 5. The van der Waals surface area contributed by atoms with Crippen LogP contribution in [0.3, 0.4) is 0 Å². The lowest BCUT2D eigenvalue weighted by atomic mass is 10.2. The lowest BCUT2D eigenvalue weighted by Gasteiger charge is -2.15. The molecule has 0 unspecified atom stereocenters. The van der Waals surface area contributed by atoms with Crippen LogP contribution in [0.15, 0.2) is 18.2 Å². The summed E-state index contributed by atoms with van der Waals surface area (Å²) in [6.07, 6.45) is 2.12. The number of anilines is 2. The topological polar surface area (TPSA) is 105 Å². The van der Waals surface area contributed by atoms with E-state index in [1.165, 1.54) is 0 Å². The molecule has 1 aliphatic rings. The zero-order chi connectivity index (χ0) is 16.8. The monoisotopic (exact) mass is 318 g/mol. The average Bonchev–Trinajstić information content (AvgIpc) is 2.92. The number of nitrogens with one attached hydrogen (secondary N) is 2. The molecule has 3 amide bonds. The van der Waals surface area contributed by atoms with E-state index in [0.717, 1.165) is 18.5 Å². The second kappa shape index (κ2) is 7.62. The van der Waals surface area contributed by atoms with E-state index in [0.29, 0.717) is 37.3 Å². The van der Waals surface area contributed by atoms with E-state index >= 15 is 0 Å². The maximum absolute atomic E-state index is 11.8. The van der Waals surface area contributed by atoms with Crippen molar-refractivity contribution in [1.29, 1.82) is 0 Å². The fourth-order valence-corrected chi connectivity index (χ4v) is 2.45. The van der Waals surface area contributed by atoms with Gasteiger partial charge >= 0.3 is 11.8 Å². The van der Waals surface area contributed by atoms with Crippen molar-refractivity contribution < 1.29 is 14.4 Å². The quantitative estimate of drug-likeness (QED) is 0.421. The van der Waals surface area contributed by atoms with Crippen LogP contribution in [0.5, 0.6) is 0 Å². The summed E-state index contributed by atoms with van der Waals surface area (Å²) >= 11 is 0. The molecule has 0 atom stereocenters. The minimum atomic E-state index is -0.750. The van der Waals surface area contributed by atoms with Crippen LogP contribution in [-0.4, -0.2) is 42.3 Å². The molecule has 7 heteroatoms. The molecule has 1 aromatic rings. The molecule has 7 nitrogen and oxygen atoms in total. The van der Waals surface area contributed by atoms with Crippen LogP contribution < -0.4 is 16.4 Å². The maximum atomic E-state index is 11.8. The minimum absolute atomic E-state index is 0.156. The highest BCUT2D eigenvalue weighted by atomic mass is 16.2. The van der Waals surface area contributed by atoms with Crippen molar-refractivity contribution in [3.63, 3.8) is 0 Å². The number of hydrogen-bond acceptors (Lipinski definition) is 4. The van der Waals surface area contributed by atoms with E-state index < -0.39 is 11.8 Å². The second-order valence-corrected chi connectivity index (χ2v) is 5.64. The molecular formula is C16H22N4O3. The number of carbonyl (C=O) groups is 3. The molecule has 1 heterocycles. The van der Waals surface area contributed by atoms with Gasteiger partial charge in [0.05, 0.1) is 11.4 Å². The summed E-state index contributed by atoms with van der Waals surface area (Å²) in [4.78, 5) is 36.8. The van der Waals surface area contributed by atoms with E-state index in [4.69, 9.17) is 5.73 Å². The molecule has 1 aromatic carbocycles. The number of benzene rings is 1. The third-order valence-corrected chi connectivity index (χ3v) is 3.72. The van der Waals surface area contributed by atoms with E-state index in [9.17, 15) is 14.4 Å². The Hall–Kier alpha value is -2.57. The summed E-state index contributed by atoms with van der Waals surface area (Å²) in [5.41, 5.74) is 7.52. The molecule has 23 heavy (non-hydrogen) atoms. The van der Waals surface area contributed by atoms with Gasteiger partial charge in [0.2, 0.25) is 5.91 Å². The van der Waals surface area contributed by atoms with Crippen molar-refractivity contribution in [2.75, 3.05) is 30.7 Å². The van der Waals surface area contributed by atoms with Gasteiger partial charge in [-0.3, -0.25) is 14.4 Å². The number of aryl methyl sites for hydroxylation is 1. The summed E-state index contributed by atoms with van der Waals surface area (Å²) in [6.45, 7) is 3.60. The first-order chi connectivity index (χ1) is 11.0. The first-order valence-electron chi connectivity index (χ1n) is 7.70. The number of hydrogen-bond donors (Lipinski definition) is 3. The molecule has 0 radical (unpaired) electrons. The van der Waals surface area contributed by atoms with Gasteiger partial charge in [0.25, 0.3) is 0 Å². The highest BCUT2D eigenvalue weighted by Gasteiger charge is 2.19. The van der Waals surface area contributed by atoms with Crippen LogP contribution in [0.2, 0.25) is 0 Å². The Kier molecular flexibility index (Phi) is 5.56. The highest BCUT2D eigenvalue weighted by molar-refractivity contribution is 6.39. The minimum Gasteiger partial charge on any atom is -0.397 e. The highest BCUT2D eigenvalue weighted by Crippen LogP contribution is 2.19. The molecule has 0 saturated carbocycles. The molecule has 124 valence electrons. The van der Waals surface area contributed by atoms with Crippen molar-refractivity contribution in [1.82, 2.24) is 10.2 Å². The van der Waals surface area contributed by atoms with E-state index in [1.54, 1.807) is 17.0 Å². The summed E-state index contributed by atoms with van der Waals surface area (Å²) in [5, 5.41) is 5.05. The summed E-state index contributed by atoms with van der Waals surface area (Å²) in [6, 6.07) is 5.21. The second-order valence-electron chi connectivity index (χ2n) is 5.64. The van der Waals surface area contributed by atoms with E-state index in [1.807, 2.05) is 13.0 Å². The number of carbonyl (C=O) groups excluding carboxylic acids is 3. The molecule has 0 aromatic heterocycles. The zero-order valence-corrected chi connectivity index (χ0v) is 13.2. The van der Waals surface area contributed by atoms with Crippen LogP contribution in [-0.2, 0) is 14.4 Å². The number of nitrogen functional groups attached to an aromatic ring is 1. The fraction of sp³-hybridized carbons (Fsp3) is 0.438. The van der Waals surface area contributed by atoms with Crippen molar-refractivity contribution in [2.24, 2.45) is 0 Å². The normalized spacial score (nSPS) is 14.0. The number of nitrogens with zero attached hydrogens (tertiary/aromatic N) is 1. The van der Waals surface area contributed by atoms with Crippen LogP contribution >= 0.6 is 0 Å². The Labute approximate surface area is 135 Å². The average molecular weight is 318 g/mol. The smallest absolute Gasteiger partial charge is 0.313 e. The van der Waals surface area contributed by atoms with Gasteiger partial charge in [0, 0.05) is 26.1 Å². The van der Waals surface area contributed by atoms with Crippen LogP contribution in [0.4, 0.5) is 11.4 Å². The molecule has 0 spiro atoms. The van der Waals surface area contributed by atoms with Gasteiger partial charge in [-0.25, -0.2) is 0 Å². The number of likely N-dealkylation sites (tertiary alicyclic amines) is 1. The third kappa shape index (κ3) is 4.70. The zero-order valence-electron chi connectivity index (χ0n) is 13.2. The van der Waals surface area contributed by atoms with Gasteiger partial charge in [0.15, 0.2) is 0 Å². The maximum Gasteiger partial charge on any atom is 0.313 e. The summed E-state index contributed by atoms with van der Waals surface area (Å²) < 4.78 is 0. The van der Waals surface area contributed by atoms with Gasteiger partial charge in [-0.15, -0.1) is 0 Å². The van der Waals surface area contributed by atoms with Gasteiger partial charge in [-0.2, -0.15) is 0 Å². The Morgan fingerprint density at radius 1 is 1.30 bits per heavy atom. The van der Waals surface area contributed by atoms with E-state index in [2.05, 4.69) is 10.6 Å². The van der Waals surface area contributed by atoms with Crippen molar-refractivity contribution in [3.05, 3.63) is 23.8 Å². The summed E-state index contributed by atoms with van der Waals surface area (Å²) in [7, 11) is 0. The van der Waals surface area contributed by atoms with Crippen molar-refractivity contribution >= 4 is 29.1 Å². The lowest BCUT2D eigenvalue weighted by molar-refractivity contribution is -0.136. The standard InChI is InChI=1S/C16H22N4O3/c1-11-5-6-12(17)13(10-11)19-16(23)15(22)18-7-3-9-20-8-2-4-14(20)21/h5-6,10H,2-4,7-9,17H2,1H3,(H,18,22)(H,19,23).